The Bertz CT molecular complexity index is 750. The van der Waals surface area contributed by atoms with Crippen molar-refractivity contribution in [3.05, 3.63) is 59.2 Å². The molecule has 118 valence electrons. The van der Waals surface area contributed by atoms with Gasteiger partial charge in [-0.1, -0.05) is 29.8 Å². The second-order valence-corrected chi connectivity index (χ2v) is 5.80. The Morgan fingerprint density at radius 2 is 1.91 bits per heavy atom. The number of hydrogen-bond acceptors (Lipinski definition) is 3. The van der Waals surface area contributed by atoms with Crippen LogP contribution in [0.3, 0.4) is 0 Å². The first kappa shape index (κ1) is 15.3. The number of rotatable bonds is 3. The van der Waals surface area contributed by atoms with Gasteiger partial charge in [0.25, 0.3) is 0 Å². The number of anilines is 1. The van der Waals surface area contributed by atoms with Crippen molar-refractivity contribution in [1.82, 2.24) is 0 Å². The molecule has 0 fully saturated rings. The largest absolute Gasteiger partial charge is 0.491 e. The molecule has 0 atom stereocenters. The smallest absolute Gasteiger partial charge is 0.230 e. The number of ketones is 1. The molecule has 0 radical (unpaired) electrons. The molecule has 4 nitrogen and oxygen atoms in total. The molecule has 2 aromatic rings. The summed E-state index contributed by atoms with van der Waals surface area (Å²) in [5, 5.41) is 0. The van der Waals surface area contributed by atoms with E-state index in [-0.39, 0.29) is 11.7 Å². The molecule has 1 amide bonds. The highest BCUT2D eigenvalue weighted by Crippen LogP contribution is 2.33. The van der Waals surface area contributed by atoms with Gasteiger partial charge >= 0.3 is 0 Å². The molecule has 0 unspecified atom stereocenters. The van der Waals surface area contributed by atoms with Crippen molar-refractivity contribution in [1.29, 1.82) is 0 Å². The maximum Gasteiger partial charge on any atom is 0.230 e. The lowest BCUT2D eigenvalue weighted by atomic mass is 10.1. The van der Waals surface area contributed by atoms with E-state index in [1.807, 2.05) is 31.2 Å². The van der Waals surface area contributed by atoms with Crippen molar-refractivity contribution in [3.63, 3.8) is 0 Å². The van der Waals surface area contributed by atoms with Gasteiger partial charge in [0.15, 0.2) is 5.78 Å². The summed E-state index contributed by atoms with van der Waals surface area (Å²) in [5.41, 5.74) is 3.47. The zero-order valence-electron chi connectivity index (χ0n) is 13.3. The van der Waals surface area contributed by atoms with E-state index in [2.05, 4.69) is 0 Å². The molecule has 0 aromatic heterocycles. The minimum absolute atomic E-state index is 0.00465. The average molecular weight is 309 g/mol. The third-order valence-corrected chi connectivity index (χ3v) is 3.99. The van der Waals surface area contributed by atoms with E-state index in [9.17, 15) is 9.59 Å². The molecule has 3 rings (SSSR count). The molecule has 2 aromatic carbocycles. The summed E-state index contributed by atoms with van der Waals surface area (Å²) in [4.78, 5) is 25.9. The quantitative estimate of drug-likeness (QED) is 0.815. The standard InChI is InChI=1S/C19H19NO3/c1-13-3-5-15(6-4-13)12-20-17-11-16(14(2)21)7-8-18(17)23-10-9-19(20)22/h3-8,11H,9-10,12H2,1-2H3. The van der Waals surface area contributed by atoms with E-state index >= 15 is 0 Å². The first-order valence-electron chi connectivity index (χ1n) is 7.68. The molecule has 0 saturated heterocycles. The van der Waals surface area contributed by atoms with Crippen LogP contribution in [-0.2, 0) is 11.3 Å². The molecule has 0 N–H and O–H groups in total. The van der Waals surface area contributed by atoms with E-state index in [0.29, 0.717) is 36.6 Å². The lowest BCUT2D eigenvalue weighted by Crippen LogP contribution is -2.29. The Morgan fingerprint density at radius 3 is 2.61 bits per heavy atom. The van der Waals surface area contributed by atoms with E-state index < -0.39 is 0 Å². The number of benzene rings is 2. The van der Waals surface area contributed by atoms with Gasteiger partial charge in [-0.05, 0) is 37.6 Å². The Morgan fingerprint density at radius 1 is 1.17 bits per heavy atom. The number of carbonyl (C=O) groups is 2. The summed E-state index contributed by atoms with van der Waals surface area (Å²) < 4.78 is 5.67. The van der Waals surface area contributed by atoms with Crippen molar-refractivity contribution >= 4 is 17.4 Å². The summed E-state index contributed by atoms with van der Waals surface area (Å²) >= 11 is 0. The van der Waals surface area contributed by atoms with Crippen molar-refractivity contribution < 1.29 is 14.3 Å². The van der Waals surface area contributed by atoms with Gasteiger partial charge in [-0.3, -0.25) is 9.59 Å². The summed E-state index contributed by atoms with van der Waals surface area (Å²) in [7, 11) is 0. The fraction of sp³-hybridized carbons (Fsp3) is 0.263. The molecule has 0 aliphatic carbocycles. The van der Waals surface area contributed by atoms with Gasteiger partial charge in [-0.25, -0.2) is 0 Å². The van der Waals surface area contributed by atoms with Gasteiger partial charge in [-0.15, -0.1) is 0 Å². The highest BCUT2D eigenvalue weighted by atomic mass is 16.5. The maximum absolute atomic E-state index is 12.5. The number of amides is 1. The molecular weight excluding hydrogens is 290 g/mol. The normalized spacial score (nSPS) is 14.0. The predicted octanol–water partition coefficient (Wildman–Crippen LogP) is 3.51. The predicted molar refractivity (Wildman–Crippen MR) is 88.9 cm³/mol. The fourth-order valence-corrected chi connectivity index (χ4v) is 2.64. The van der Waals surface area contributed by atoms with E-state index in [4.69, 9.17) is 4.74 Å². The first-order chi connectivity index (χ1) is 11.0. The van der Waals surface area contributed by atoms with E-state index in [0.717, 1.165) is 5.56 Å². The molecule has 1 aliphatic heterocycles. The summed E-state index contributed by atoms with van der Waals surface area (Å²) in [6.45, 7) is 4.38. The zero-order chi connectivity index (χ0) is 16.4. The number of nitrogens with zero attached hydrogens (tertiary/aromatic N) is 1. The van der Waals surface area contributed by atoms with Crippen LogP contribution in [0, 0.1) is 6.92 Å². The van der Waals surface area contributed by atoms with Gasteiger partial charge in [0.1, 0.15) is 5.75 Å². The molecule has 1 heterocycles. The highest BCUT2D eigenvalue weighted by Gasteiger charge is 2.24. The Hall–Kier alpha value is -2.62. The van der Waals surface area contributed by atoms with Crippen molar-refractivity contribution in [2.75, 3.05) is 11.5 Å². The minimum Gasteiger partial charge on any atom is -0.491 e. The molecular formula is C19H19NO3. The van der Waals surface area contributed by atoms with E-state index in [1.165, 1.54) is 12.5 Å². The number of Topliss-reactive ketones (excluding diaryl/α,β-unsaturated/α-hetero) is 1. The molecule has 23 heavy (non-hydrogen) atoms. The number of carbonyl (C=O) groups excluding carboxylic acids is 2. The van der Waals surface area contributed by atoms with Crippen LogP contribution in [0.5, 0.6) is 5.75 Å². The molecule has 4 heteroatoms. The minimum atomic E-state index is -0.0280. The monoisotopic (exact) mass is 309 g/mol. The van der Waals surface area contributed by atoms with Crippen molar-refractivity contribution in [2.24, 2.45) is 0 Å². The van der Waals surface area contributed by atoms with Crippen LogP contribution in [0.4, 0.5) is 5.69 Å². The molecule has 0 bridgehead atoms. The summed E-state index contributed by atoms with van der Waals surface area (Å²) in [6, 6.07) is 13.3. The molecule has 1 aliphatic rings. The van der Waals surface area contributed by atoms with Gasteiger partial charge in [0, 0.05) is 5.56 Å². The number of aryl methyl sites for hydroxylation is 1. The van der Waals surface area contributed by atoms with Crippen molar-refractivity contribution in [3.8, 4) is 5.75 Å². The van der Waals surface area contributed by atoms with Gasteiger partial charge in [0.2, 0.25) is 5.91 Å². The average Bonchev–Trinajstić information content (AvgIpc) is 2.68. The lowest BCUT2D eigenvalue weighted by molar-refractivity contribution is -0.118. The van der Waals surface area contributed by atoms with Crippen LogP contribution in [0.25, 0.3) is 0 Å². The van der Waals surface area contributed by atoms with Crippen LogP contribution < -0.4 is 9.64 Å². The summed E-state index contributed by atoms with van der Waals surface area (Å²) in [5.74, 6) is 0.623. The van der Waals surface area contributed by atoms with Gasteiger partial charge in [0.05, 0.1) is 25.3 Å². The van der Waals surface area contributed by atoms with E-state index in [1.54, 1.807) is 23.1 Å². The third-order valence-electron chi connectivity index (χ3n) is 3.99. The van der Waals surface area contributed by atoms with Gasteiger partial charge in [-0.2, -0.15) is 0 Å². The van der Waals surface area contributed by atoms with Crippen LogP contribution in [0.1, 0.15) is 34.8 Å². The van der Waals surface area contributed by atoms with Crippen molar-refractivity contribution in [2.45, 2.75) is 26.8 Å². The zero-order valence-corrected chi connectivity index (χ0v) is 13.3. The maximum atomic E-state index is 12.5. The Labute approximate surface area is 135 Å². The van der Waals surface area contributed by atoms with Crippen LogP contribution in [0.2, 0.25) is 0 Å². The Kier molecular flexibility index (Phi) is 4.15. The third kappa shape index (κ3) is 3.26. The van der Waals surface area contributed by atoms with Gasteiger partial charge < -0.3 is 9.64 Å². The Balaban J connectivity index is 2.00. The number of hydrogen-bond donors (Lipinski definition) is 0. The van der Waals surface area contributed by atoms with Crippen LogP contribution in [0.15, 0.2) is 42.5 Å². The first-order valence-corrected chi connectivity index (χ1v) is 7.68. The topological polar surface area (TPSA) is 46.6 Å². The second kappa shape index (κ2) is 6.24. The fourth-order valence-electron chi connectivity index (χ4n) is 2.64. The molecule has 0 spiro atoms. The summed E-state index contributed by atoms with van der Waals surface area (Å²) in [6.07, 6.45) is 0.329. The van der Waals surface area contributed by atoms with Crippen LogP contribution in [-0.4, -0.2) is 18.3 Å². The SMILES string of the molecule is CC(=O)c1ccc2c(c1)N(Cc1ccc(C)cc1)C(=O)CCO2. The molecule has 0 saturated carbocycles. The van der Waals surface area contributed by atoms with Crippen LogP contribution >= 0.6 is 0 Å². The highest BCUT2D eigenvalue weighted by molar-refractivity contribution is 5.99. The number of ether oxygens (including phenoxy) is 1. The lowest BCUT2D eigenvalue weighted by Gasteiger charge is -2.22. The number of fused-ring (bicyclic) bond motifs is 1. The second-order valence-electron chi connectivity index (χ2n) is 5.80.